The van der Waals surface area contributed by atoms with Crippen LogP contribution in [0.2, 0.25) is 0 Å². The third kappa shape index (κ3) is 1.32. The van der Waals surface area contributed by atoms with Crippen molar-refractivity contribution >= 4 is 5.78 Å². The molecule has 0 aliphatic heterocycles. The first-order chi connectivity index (χ1) is 5.42. The molecule has 1 rings (SSSR count). The van der Waals surface area contributed by atoms with Crippen molar-refractivity contribution in [3.63, 3.8) is 0 Å². The van der Waals surface area contributed by atoms with Gasteiger partial charge in [-0.2, -0.15) is 0 Å². The Morgan fingerprint density at radius 1 is 1.78 bits per heavy atom. The van der Waals surface area contributed by atoms with Crippen molar-refractivity contribution in [2.45, 2.75) is 39.5 Å². The minimum absolute atomic E-state index is 0.00530. The SMILES string of the molecule is [2H]C[C@]1(C)CCCC([2H])([2H])C1=O. The fourth-order valence-corrected chi connectivity index (χ4v) is 1.01. The van der Waals surface area contributed by atoms with Crippen LogP contribution in [-0.2, 0) is 4.79 Å². The van der Waals surface area contributed by atoms with Crippen LogP contribution in [0.4, 0.5) is 0 Å². The van der Waals surface area contributed by atoms with Crippen LogP contribution in [0.25, 0.3) is 0 Å². The Balaban J connectivity index is 2.87. The van der Waals surface area contributed by atoms with Gasteiger partial charge < -0.3 is 0 Å². The second kappa shape index (κ2) is 2.13. The molecule has 1 nitrogen and oxygen atoms in total. The molecule has 0 heterocycles. The Labute approximate surface area is 60.7 Å². The largest absolute Gasteiger partial charge is 0.299 e. The maximum absolute atomic E-state index is 11.5. The summed E-state index contributed by atoms with van der Waals surface area (Å²) in [4.78, 5) is 11.5. The lowest BCUT2D eigenvalue weighted by Gasteiger charge is -2.27. The molecular formula is C8H14O. The lowest BCUT2D eigenvalue weighted by molar-refractivity contribution is -0.129. The van der Waals surface area contributed by atoms with E-state index in [9.17, 15) is 4.79 Å². The molecule has 0 aromatic carbocycles. The van der Waals surface area contributed by atoms with Crippen LogP contribution in [0.3, 0.4) is 0 Å². The summed E-state index contributed by atoms with van der Waals surface area (Å²) in [5, 5.41) is 0. The van der Waals surface area contributed by atoms with Gasteiger partial charge in [-0.05, 0) is 12.8 Å². The van der Waals surface area contributed by atoms with E-state index in [2.05, 4.69) is 0 Å². The third-order valence-electron chi connectivity index (χ3n) is 1.74. The predicted molar refractivity (Wildman–Crippen MR) is 37.3 cm³/mol. The summed E-state index contributed by atoms with van der Waals surface area (Å²) in [7, 11) is 0. The smallest absolute Gasteiger partial charge is 0.138 e. The summed E-state index contributed by atoms with van der Waals surface area (Å²) < 4.78 is 22.1. The van der Waals surface area contributed by atoms with Crippen molar-refractivity contribution in [2.24, 2.45) is 5.41 Å². The molecule has 1 saturated carbocycles. The average molecular weight is 129 g/mol. The van der Waals surface area contributed by atoms with Gasteiger partial charge in [0, 0.05) is 15.9 Å². The van der Waals surface area contributed by atoms with Gasteiger partial charge in [-0.25, -0.2) is 0 Å². The topological polar surface area (TPSA) is 17.1 Å². The van der Waals surface area contributed by atoms with Crippen molar-refractivity contribution in [1.82, 2.24) is 0 Å². The van der Waals surface area contributed by atoms with Gasteiger partial charge in [0.05, 0.1) is 0 Å². The van der Waals surface area contributed by atoms with Crippen molar-refractivity contribution in [3.05, 3.63) is 0 Å². The lowest BCUT2D eigenvalue weighted by Crippen LogP contribution is -2.27. The van der Waals surface area contributed by atoms with Gasteiger partial charge in [-0.1, -0.05) is 20.2 Å². The molecule has 0 amide bonds. The first kappa shape index (κ1) is 3.75. The Bertz CT molecular complexity index is 202. The van der Waals surface area contributed by atoms with Crippen molar-refractivity contribution in [2.75, 3.05) is 0 Å². The number of carbonyl (C=O) groups excluding carboxylic acids is 1. The lowest BCUT2D eigenvalue weighted by atomic mass is 9.76. The van der Waals surface area contributed by atoms with E-state index < -0.39 is 11.8 Å². The highest BCUT2D eigenvalue weighted by Crippen LogP contribution is 2.31. The number of carbonyl (C=O) groups is 1. The van der Waals surface area contributed by atoms with Crippen molar-refractivity contribution in [1.29, 1.82) is 0 Å². The minimum Gasteiger partial charge on any atom is -0.299 e. The molecule has 52 valence electrons. The number of ketones is 1. The van der Waals surface area contributed by atoms with Gasteiger partial charge in [0.2, 0.25) is 0 Å². The Morgan fingerprint density at radius 2 is 2.56 bits per heavy atom. The zero-order chi connectivity index (χ0) is 9.41. The molecule has 0 radical (unpaired) electrons. The van der Waals surface area contributed by atoms with E-state index in [1.165, 1.54) is 0 Å². The van der Waals surface area contributed by atoms with Gasteiger partial charge >= 0.3 is 0 Å². The molecule has 1 fully saturated rings. The monoisotopic (exact) mass is 129 g/mol. The van der Waals surface area contributed by atoms with E-state index in [1.807, 2.05) is 0 Å². The predicted octanol–water partition coefficient (Wildman–Crippen LogP) is 2.16. The number of rotatable bonds is 0. The molecule has 0 unspecified atom stereocenters. The molecule has 0 aromatic heterocycles. The first-order valence-corrected chi connectivity index (χ1v) is 3.26. The van der Waals surface area contributed by atoms with Gasteiger partial charge in [-0.3, -0.25) is 4.79 Å². The van der Waals surface area contributed by atoms with E-state index >= 15 is 0 Å². The molecular weight excluding hydrogens is 112 g/mol. The molecule has 1 atom stereocenters. The molecule has 0 N–H and O–H groups in total. The van der Waals surface area contributed by atoms with E-state index in [0.717, 1.165) is 0 Å². The Hall–Kier alpha value is -0.330. The van der Waals surface area contributed by atoms with E-state index in [1.54, 1.807) is 6.92 Å². The van der Waals surface area contributed by atoms with Gasteiger partial charge in [0.25, 0.3) is 0 Å². The fraction of sp³-hybridized carbons (Fsp3) is 0.875. The molecule has 1 aliphatic carbocycles. The molecule has 1 aliphatic rings. The summed E-state index contributed by atoms with van der Waals surface area (Å²) in [5.74, 6) is -0.378. The van der Waals surface area contributed by atoms with Crippen molar-refractivity contribution in [3.8, 4) is 0 Å². The molecule has 1 heteroatoms. The first-order valence-electron chi connectivity index (χ1n) is 4.97. The highest BCUT2D eigenvalue weighted by atomic mass is 16.1. The highest BCUT2D eigenvalue weighted by molar-refractivity contribution is 5.84. The second-order valence-corrected chi connectivity index (χ2v) is 2.92. The summed E-state index contributed by atoms with van der Waals surface area (Å²) in [6, 6.07) is 0. The zero-order valence-electron chi connectivity index (χ0n) is 8.74. The van der Waals surface area contributed by atoms with Crippen LogP contribution in [0.5, 0.6) is 0 Å². The van der Waals surface area contributed by atoms with Crippen LogP contribution < -0.4 is 0 Å². The summed E-state index contributed by atoms with van der Waals surface area (Å²) >= 11 is 0. The molecule has 0 aromatic rings. The standard InChI is InChI=1S/C8H14O/c1-8(2)6-4-3-5-7(8)9/h3-6H2,1-2H3/i1D,5D2/t8-/m0/s1. The number of hydrogen-bond acceptors (Lipinski definition) is 1. The van der Waals surface area contributed by atoms with Gasteiger partial charge in [0.1, 0.15) is 5.78 Å². The second-order valence-electron chi connectivity index (χ2n) is 2.92. The van der Waals surface area contributed by atoms with Crippen LogP contribution >= 0.6 is 0 Å². The van der Waals surface area contributed by atoms with E-state index in [4.69, 9.17) is 4.11 Å². The van der Waals surface area contributed by atoms with Crippen LogP contribution in [0, 0.1) is 5.41 Å². The Kier molecular flexibility index (Phi) is 0.885. The molecule has 0 spiro atoms. The number of Topliss-reactive ketones (excluding diaryl/α,β-unsaturated/α-hetero) is 1. The summed E-state index contributed by atoms with van der Waals surface area (Å²) in [6.07, 6.45) is 0.0123. The van der Waals surface area contributed by atoms with Crippen molar-refractivity contribution < 1.29 is 8.91 Å². The molecule has 0 saturated heterocycles. The Morgan fingerprint density at radius 3 is 3.11 bits per heavy atom. The van der Waals surface area contributed by atoms with Crippen LogP contribution in [0.1, 0.15) is 43.6 Å². The fourth-order valence-electron chi connectivity index (χ4n) is 1.01. The maximum atomic E-state index is 11.5. The van der Waals surface area contributed by atoms with Gasteiger partial charge in [-0.15, -0.1) is 0 Å². The van der Waals surface area contributed by atoms with Gasteiger partial charge in [0.15, 0.2) is 0 Å². The average Bonchev–Trinajstić information content (AvgIpc) is 2.00. The normalized spacial score (nSPS) is 47.2. The third-order valence-corrected chi connectivity index (χ3v) is 1.74. The van der Waals surface area contributed by atoms with Crippen LogP contribution in [-0.4, -0.2) is 5.78 Å². The van der Waals surface area contributed by atoms with Crippen LogP contribution in [0.15, 0.2) is 0 Å². The minimum atomic E-state index is -1.69. The molecule has 0 bridgehead atoms. The summed E-state index contributed by atoms with van der Waals surface area (Å²) in [5.41, 5.74) is -0.734. The summed E-state index contributed by atoms with van der Waals surface area (Å²) in [6.45, 7) is 1.70. The maximum Gasteiger partial charge on any atom is 0.138 e. The zero-order valence-corrected chi connectivity index (χ0v) is 5.74. The van der Waals surface area contributed by atoms with E-state index in [-0.39, 0.29) is 12.7 Å². The number of hydrogen-bond donors (Lipinski definition) is 0. The quantitative estimate of drug-likeness (QED) is 0.490. The highest BCUT2D eigenvalue weighted by Gasteiger charge is 2.29. The molecule has 9 heavy (non-hydrogen) atoms. The van der Waals surface area contributed by atoms with E-state index in [0.29, 0.717) is 19.3 Å².